The normalized spacial score (nSPS) is 8.57. The highest BCUT2D eigenvalue weighted by Crippen LogP contribution is 2.27. The van der Waals surface area contributed by atoms with Gasteiger partial charge in [0.15, 0.2) is 23.0 Å². The number of carbonyl (C=O) groups is 1. The van der Waals surface area contributed by atoms with E-state index in [-0.39, 0.29) is 23.0 Å². The van der Waals surface area contributed by atoms with Gasteiger partial charge in [-0.25, -0.2) is 4.98 Å². The summed E-state index contributed by atoms with van der Waals surface area (Å²) >= 11 is 0. The molecule has 14 heavy (non-hydrogen) atoms. The van der Waals surface area contributed by atoms with E-state index in [1.165, 1.54) is 26.3 Å². The minimum Gasteiger partial charge on any atom is -0.503 e. The summed E-state index contributed by atoms with van der Waals surface area (Å²) in [5.74, 6) is -0.228. The maximum absolute atomic E-state index is 10.9. The molecule has 0 radical (unpaired) electrons. The molecule has 1 aromatic heterocycles. The SMILES string of the molecule is CC.COc1ccnc(C(C)=O)c1O. The molecule has 1 N–H and O–H groups in total. The van der Waals surface area contributed by atoms with E-state index in [0.29, 0.717) is 0 Å². The Morgan fingerprint density at radius 3 is 2.50 bits per heavy atom. The highest BCUT2D eigenvalue weighted by Gasteiger charge is 2.11. The molecule has 78 valence electrons. The van der Waals surface area contributed by atoms with E-state index in [0.717, 1.165) is 0 Å². The number of rotatable bonds is 2. The minimum atomic E-state index is -0.286. The van der Waals surface area contributed by atoms with Crippen molar-refractivity contribution in [1.29, 1.82) is 0 Å². The van der Waals surface area contributed by atoms with Gasteiger partial charge < -0.3 is 9.84 Å². The van der Waals surface area contributed by atoms with Gasteiger partial charge >= 0.3 is 0 Å². The Balaban J connectivity index is 0.000000791. The van der Waals surface area contributed by atoms with Crippen LogP contribution in [0.2, 0.25) is 0 Å². The minimum absolute atomic E-state index is 0.0364. The molecule has 0 atom stereocenters. The van der Waals surface area contributed by atoms with Gasteiger partial charge in [-0.2, -0.15) is 0 Å². The summed E-state index contributed by atoms with van der Waals surface area (Å²) in [6, 6.07) is 1.49. The number of nitrogens with zero attached hydrogens (tertiary/aromatic N) is 1. The van der Waals surface area contributed by atoms with E-state index in [1.807, 2.05) is 13.8 Å². The summed E-state index contributed by atoms with van der Waals surface area (Å²) in [5.41, 5.74) is 0.0364. The molecule has 0 aliphatic rings. The molecule has 0 aliphatic carbocycles. The van der Waals surface area contributed by atoms with E-state index >= 15 is 0 Å². The molecule has 1 aromatic rings. The van der Waals surface area contributed by atoms with Crippen molar-refractivity contribution < 1.29 is 14.6 Å². The van der Waals surface area contributed by atoms with E-state index < -0.39 is 0 Å². The number of carbonyl (C=O) groups excluding carboxylic acids is 1. The van der Waals surface area contributed by atoms with Gasteiger partial charge in [-0.3, -0.25) is 4.79 Å². The molecule has 0 amide bonds. The number of hydrogen-bond acceptors (Lipinski definition) is 4. The molecule has 4 heteroatoms. The van der Waals surface area contributed by atoms with Crippen LogP contribution >= 0.6 is 0 Å². The number of aromatic hydroxyl groups is 1. The fourth-order valence-corrected chi connectivity index (χ4v) is 0.859. The lowest BCUT2D eigenvalue weighted by molar-refractivity contribution is 0.100. The number of aromatic nitrogens is 1. The Bertz CT molecular complexity index is 310. The van der Waals surface area contributed by atoms with Crippen LogP contribution in [0.5, 0.6) is 11.5 Å². The van der Waals surface area contributed by atoms with Crippen LogP contribution in [0.3, 0.4) is 0 Å². The van der Waals surface area contributed by atoms with Crippen LogP contribution in [0.25, 0.3) is 0 Å². The van der Waals surface area contributed by atoms with Crippen molar-refractivity contribution in [2.75, 3.05) is 7.11 Å². The molecule has 0 aromatic carbocycles. The maximum atomic E-state index is 10.9. The van der Waals surface area contributed by atoms with Crippen LogP contribution in [-0.4, -0.2) is 23.0 Å². The zero-order valence-electron chi connectivity index (χ0n) is 8.87. The molecule has 0 aliphatic heterocycles. The zero-order chi connectivity index (χ0) is 11.1. The van der Waals surface area contributed by atoms with Gasteiger partial charge in [0.05, 0.1) is 7.11 Å². The third-order valence-corrected chi connectivity index (χ3v) is 1.44. The van der Waals surface area contributed by atoms with Crippen LogP contribution in [0.1, 0.15) is 31.3 Å². The van der Waals surface area contributed by atoms with Crippen molar-refractivity contribution in [2.24, 2.45) is 0 Å². The van der Waals surface area contributed by atoms with Crippen LogP contribution < -0.4 is 4.74 Å². The highest BCUT2D eigenvalue weighted by molar-refractivity contribution is 5.95. The smallest absolute Gasteiger partial charge is 0.187 e. The van der Waals surface area contributed by atoms with Gasteiger partial charge in [-0.15, -0.1) is 0 Å². The summed E-state index contributed by atoms with van der Waals surface area (Å²) < 4.78 is 4.79. The predicted octanol–water partition coefficient (Wildman–Crippen LogP) is 2.02. The Labute approximate surface area is 83.6 Å². The first kappa shape index (κ1) is 12.4. The molecular weight excluding hydrogens is 182 g/mol. The van der Waals surface area contributed by atoms with Crippen molar-refractivity contribution in [3.63, 3.8) is 0 Å². The molecule has 0 fully saturated rings. The number of ether oxygens (including phenoxy) is 1. The number of Topliss-reactive ketones (excluding diaryl/α,β-unsaturated/α-hetero) is 1. The van der Waals surface area contributed by atoms with Gasteiger partial charge in [0, 0.05) is 19.2 Å². The van der Waals surface area contributed by atoms with Crippen molar-refractivity contribution in [3.8, 4) is 11.5 Å². The first-order valence-electron chi connectivity index (χ1n) is 4.39. The second-order valence-corrected chi connectivity index (χ2v) is 2.27. The quantitative estimate of drug-likeness (QED) is 0.737. The molecule has 1 rings (SSSR count). The molecule has 0 bridgehead atoms. The second kappa shape index (κ2) is 5.96. The Morgan fingerprint density at radius 2 is 2.07 bits per heavy atom. The highest BCUT2D eigenvalue weighted by atomic mass is 16.5. The summed E-state index contributed by atoms with van der Waals surface area (Å²) in [4.78, 5) is 14.6. The Kier molecular flexibility index (Phi) is 5.29. The average Bonchev–Trinajstić information content (AvgIpc) is 2.21. The topological polar surface area (TPSA) is 59.4 Å². The molecule has 0 saturated carbocycles. The lowest BCUT2D eigenvalue weighted by Gasteiger charge is -2.04. The van der Waals surface area contributed by atoms with E-state index in [4.69, 9.17) is 4.74 Å². The molecular formula is C10H15NO3. The molecule has 4 nitrogen and oxygen atoms in total. The van der Waals surface area contributed by atoms with Gasteiger partial charge in [-0.1, -0.05) is 13.8 Å². The second-order valence-electron chi connectivity index (χ2n) is 2.27. The number of hydrogen-bond donors (Lipinski definition) is 1. The monoisotopic (exact) mass is 197 g/mol. The fraction of sp³-hybridized carbons (Fsp3) is 0.400. The summed E-state index contributed by atoms with van der Waals surface area (Å²) in [7, 11) is 1.42. The van der Waals surface area contributed by atoms with E-state index in [9.17, 15) is 9.90 Å². The van der Waals surface area contributed by atoms with E-state index in [1.54, 1.807) is 0 Å². The van der Waals surface area contributed by atoms with Crippen LogP contribution in [0.15, 0.2) is 12.3 Å². The molecule has 0 unspecified atom stereocenters. The van der Waals surface area contributed by atoms with Crippen LogP contribution in [0.4, 0.5) is 0 Å². The third-order valence-electron chi connectivity index (χ3n) is 1.44. The zero-order valence-corrected chi connectivity index (χ0v) is 8.87. The van der Waals surface area contributed by atoms with Crippen LogP contribution in [-0.2, 0) is 0 Å². The first-order valence-corrected chi connectivity index (χ1v) is 4.39. The van der Waals surface area contributed by atoms with Crippen LogP contribution in [0, 0.1) is 0 Å². The summed E-state index contributed by atoms with van der Waals surface area (Å²) in [6.45, 7) is 5.33. The van der Waals surface area contributed by atoms with Crippen molar-refractivity contribution in [1.82, 2.24) is 4.98 Å². The summed E-state index contributed by atoms with van der Waals surface area (Å²) in [6.07, 6.45) is 1.41. The number of pyridine rings is 1. The summed E-state index contributed by atoms with van der Waals surface area (Å²) in [5, 5.41) is 9.35. The first-order chi connectivity index (χ1) is 6.66. The molecule has 0 saturated heterocycles. The maximum Gasteiger partial charge on any atom is 0.187 e. The van der Waals surface area contributed by atoms with Gasteiger partial charge in [-0.05, 0) is 0 Å². The van der Waals surface area contributed by atoms with Gasteiger partial charge in [0.25, 0.3) is 0 Å². The van der Waals surface area contributed by atoms with Crippen molar-refractivity contribution in [3.05, 3.63) is 18.0 Å². The fourth-order valence-electron chi connectivity index (χ4n) is 0.859. The Hall–Kier alpha value is -1.58. The van der Waals surface area contributed by atoms with Gasteiger partial charge in [0.2, 0.25) is 0 Å². The van der Waals surface area contributed by atoms with Gasteiger partial charge in [0.1, 0.15) is 0 Å². The average molecular weight is 197 g/mol. The number of ketones is 1. The predicted molar refractivity (Wildman–Crippen MR) is 53.8 cm³/mol. The van der Waals surface area contributed by atoms with E-state index in [2.05, 4.69) is 4.98 Å². The number of methoxy groups -OCH3 is 1. The third kappa shape index (κ3) is 2.73. The lowest BCUT2D eigenvalue weighted by Crippen LogP contribution is -1.98. The standard InChI is InChI=1S/C8H9NO3.C2H6/c1-5(10)7-8(11)6(12-2)3-4-9-7;1-2/h3-4,11H,1-2H3;1-2H3. The Morgan fingerprint density at radius 1 is 1.50 bits per heavy atom. The van der Waals surface area contributed by atoms with Crippen molar-refractivity contribution in [2.45, 2.75) is 20.8 Å². The largest absolute Gasteiger partial charge is 0.503 e. The van der Waals surface area contributed by atoms with Crippen molar-refractivity contribution >= 4 is 5.78 Å². The molecule has 1 heterocycles. The lowest BCUT2D eigenvalue weighted by atomic mass is 10.2. The molecule has 0 spiro atoms.